The van der Waals surface area contributed by atoms with E-state index in [0.29, 0.717) is 18.1 Å². The lowest BCUT2D eigenvalue weighted by Gasteiger charge is -2.08. The third-order valence-corrected chi connectivity index (χ3v) is 3.08. The summed E-state index contributed by atoms with van der Waals surface area (Å²) in [6.07, 6.45) is 3.92. The zero-order valence-electron chi connectivity index (χ0n) is 16.6. The number of benzene rings is 1. The van der Waals surface area contributed by atoms with Crippen molar-refractivity contribution in [3.05, 3.63) is 67.3 Å². The molecule has 0 saturated heterocycles. The zero-order valence-corrected chi connectivity index (χ0v) is 16.6. The molecule has 1 aromatic rings. The van der Waals surface area contributed by atoms with Crippen LogP contribution in [0.5, 0.6) is 0 Å². The monoisotopic (exact) mass is 376 g/mol. The normalized spacial score (nSPS) is 9.93. The molecular weight excluding hydrogens is 344 g/mol. The van der Waals surface area contributed by atoms with Gasteiger partial charge in [-0.15, -0.1) is 0 Å². The Bertz CT molecular complexity index is 563. The van der Waals surface area contributed by atoms with Gasteiger partial charge < -0.3 is 14.6 Å². The largest absolute Gasteiger partial charge is 0.462 e. The van der Waals surface area contributed by atoms with Crippen LogP contribution in [0, 0.1) is 5.92 Å². The molecule has 5 heteroatoms. The Morgan fingerprint density at radius 3 is 2.15 bits per heavy atom. The van der Waals surface area contributed by atoms with Gasteiger partial charge in [-0.1, -0.05) is 76.4 Å². The Labute approximate surface area is 163 Å². The van der Waals surface area contributed by atoms with E-state index in [9.17, 15) is 9.59 Å². The van der Waals surface area contributed by atoms with Gasteiger partial charge in [0.1, 0.15) is 6.61 Å². The second-order valence-electron chi connectivity index (χ2n) is 5.60. The van der Waals surface area contributed by atoms with Gasteiger partial charge in [0, 0.05) is 11.6 Å². The Hall–Kier alpha value is -2.66. The Morgan fingerprint density at radius 2 is 1.78 bits per heavy atom. The summed E-state index contributed by atoms with van der Waals surface area (Å²) in [5.74, 6) is -0.345. The highest BCUT2D eigenvalue weighted by Crippen LogP contribution is 2.02. The van der Waals surface area contributed by atoms with E-state index in [-0.39, 0.29) is 19.2 Å². The van der Waals surface area contributed by atoms with Gasteiger partial charge in [-0.05, 0) is 18.4 Å². The molecule has 1 aromatic carbocycles. The standard InChI is InChI=1S/C9H16O2.C8H8.C5H8O3/c1-5-8(4)6-11-9(10)7(2)3;1-2-8-6-4-3-5-7-8;1-2-5(7)8-4-3-6/h8H,2,5-6H2,1,3-4H3;2-7H,1H2;2,6H,1,3-4H2. The van der Waals surface area contributed by atoms with Crippen LogP contribution in [0.25, 0.3) is 6.08 Å². The molecule has 0 amide bonds. The Morgan fingerprint density at radius 1 is 1.19 bits per heavy atom. The van der Waals surface area contributed by atoms with E-state index < -0.39 is 5.97 Å². The molecule has 1 unspecified atom stereocenters. The van der Waals surface area contributed by atoms with E-state index >= 15 is 0 Å². The fourth-order valence-electron chi connectivity index (χ4n) is 1.25. The highest BCUT2D eigenvalue weighted by atomic mass is 16.5. The van der Waals surface area contributed by atoms with Crippen LogP contribution in [0.2, 0.25) is 0 Å². The molecule has 0 radical (unpaired) electrons. The van der Waals surface area contributed by atoms with E-state index in [1.54, 1.807) is 6.92 Å². The van der Waals surface area contributed by atoms with Gasteiger partial charge in [0.05, 0.1) is 13.2 Å². The summed E-state index contributed by atoms with van der Waals surface area (Å²) >= 11 is 0. The van der Waals surface area contributed by atoms with E-state index in [0.717, 1.165) is 12.5 Å². The number of rotatable bonds is 8. The number of aliphatic hydroxyl groups is 1. The number of aliphatic hydroxyl groups excluding tert-OH is 1. The predicted octanol–water partition coefficient (Wildman–Crippen LogP) is 4.19. The number of hydrogen-bond acceptors (Lipinski definition) is 5. The summed E-state index contributed by atoms with van der Waals surface area (Å²) in [6, 6.07) is 10.0. The average molecular weight is 376 g/mol. The second-order valence-corrected chi connectivity index (χ2v) is 5.60. The van der Waals surface area contributed by atoms with Crippen molar-refractivity contribution in [2.75, 3.05) is 19.8 Å². The molecule has 1 atom stereocenters. The average Bonchev–Trinajstić information content (AvgIpc) is 2.71. The van der Waals surface area contributed by atoms with Crippen LogP contribution < -0.4 is 0 Å². The maximum Gasteiger partial charge on any atom is 0.333 e. The van der Waals surface area contributed by atoms with E-state index in [4.69, 9.17) is 9.84 Å². The maximum atomic E-state index is 10.8. The Balaban J connectivity index is 0. The van der Waals surface area contributed by atoms with E-state index in [2.05, 4.69) is 31.4 Å². The van der Waals surface area contributed by atoms with Crippen LogP contribution in [0.1, 0.15) is 32.8 Å². The molecular formula is C22H32O5. The molecule has 150 valence electrons. The first-order chi connectivity index (χ1) is 12.8. The van der Waals surface area contributed by atoms with Crippen molar-refractivity contribution >= 4 is 18.0 Å². The van der Waals surface area contributed by atoms with Crippen molar-refractivity contribution in [2.24, 2.45) is 5.92 Å². The number of carbonyl (C=O) groups is 2. The first-order valence-electron chi connectivity index (χ1n) is 8.72. The van der Waals surface area contributed by atoms with Crippen molar-refractivity contribution < 1.29 is 24.2 Å². The minimum Gasteiger partial charge on any atom is -0.462 e. The van der Waals surface area contributed by atoms with Gasteiger partial charge in [0.25, 0.3) is 0 Å². The van der Waals surface area contributed by atoms with Gasteiger partial charge >= 0.3 is 11.9 Å². The molecule has 0 aliphatic heterocycles. The third-order valence-electron chi connectivity index (χ3n) is 3.08. The molecule has 1 N–H and O–H groups in total. The fourth-order valence-corrected chi connectivity index (χ4v) is 1.25. The summed E-state index contributed by atoms with van der Waals surface area (Å²) in [5, 5.41) is 8.10. The first kappa shape index (κ1) is 26.6. The minimum absolute atomic E-state index is 0.0465. The van der Waals surface area contributed by atoms with E-state index in [1.165, 1.54) is 5.56 Å². The molecule has 0 spiro atoms. The molecule has 27 heavy (non-hydrogen) atoms. The van der Waals surface area contributed by atoms with Gasteiger partial charge in [0.15, 0.2) is 0 Å². The summed E-state index contributed by atoms with van der Waals surface area (Å²) < 4.78 is 9.25. The van der Waals surface area contributed by atoms with Gasteiger partial charge in [-0.25, -0.2) is 9.59 Å². The van der Waals surface area contributed by atoms with Gasteiger partial charge in [-0.3, -0.25) is 0 Å². The summed E-state index contributed by atoms with van der Waals surface area (Å²) in [7, 11) is 0. The molecule has 0 aliphatic carbocycles. The molecule has 0 heterocycles. The summed E-state index contributed by atoms with van der Waals surface area (Å²) in [5.41, 5.74) is 1.64. The van der Waals surface area contributed by atoms with Crippen molar-refractivity contribution in [2.45, 2.75) is 27.2 Å². The number of carbonyl (C=O) groups excluding carboxylic acids is 2. The zero-order chi connectivity index (χ0) is 21.1. The topological polar surface area (TPSA) is 72.8 Å². The number of hydrogen-bond donors (Lipinski definition) is 1. The van der Waals surface area contributed by atoms with Crippen molar-refractivity contribution in [3.63, 3.8) is 0 Å². The Kier molecular flexibility index (Phi) is 17.9. The summed E-state index contributed by atoms with van der Waals surface area (Å²) in [4.78, 5) is 21.0. The van der Waals surface area contributed by atoms with Gasteiger partial charge in [-0.2, -0.15) is 0 Å². The van der Waals surface area contributed by atoms with Crippen molar-refractivity contribution in [3.8, 4) is 0 Å². The lowest BCUT2D eigenvalue weighted by molar-refractivity contribution is -0.140. The maximum absolute atomic E-state index is 10.8. The van der Waals surface area contributed by atoms with Crippen molar-refractivity contribution in [1.29, 1.82) is 0 Å². The van der Waals surface area contributed by atoms with Crippen molar-refractivity contribution in [1.82, 2.24) is 0 Å². The fraction of sp³-hybridized carbons (Fsp3) is 0.364. The first-order valence-corrected chi connectivity index (χ1v) is 8.72. The number of esters is 2. The van der Waals surface area contributed by atoms with Crippen LogP contribution in [0.3, 0.4) is 0 Å². The predicted molar refractivity (Wildman–Crippen MR) is 110 cm³/mol. The molecule has 0 saturated carbocycles. The van der Waals surface area contributed by atoms with Crippen LogP contribution >= 0.6 is 0 Å². The molecule has 0 fully saturated rings. The van der Waals surface area contributed by atoms with Crippen LogP contribution in [0.4, 0.5) is 0 Å². The highest BCUT2D eigenvalue weighted by molar-refractivity contribution is 5.86. The van der Waals surface area contributed by atoms with Crippen LogP contribution in [0.15, 0.2) is 61.7 Å². The third kappa shape index (κ3) is 17.9. The van der Waals surface area contributed by atoms with Crippen LogP contribution in [-0.2, 0) is 19.1 Å². The second kappa shape index (κ2) is 18.1. The van der Waals surface area contributed by atoms with Crippen LogP contribution in [-0.4, -0.2) is 36.9 Å². The lowest BCUT2D eigenvalue weighted by atomic mass is 10.1. The molecule has 0 aliphatic rings. The van der Waals surface area contributed by atoms with Gasteiger partial charge in [0.2, 0.25) is 0 Å². The molecule has 0 aromatic heterocycles. The quantitative estimate of drug-likeness (QED) is 0.544. The van der Waals surface area contributed by atoms with E-state index in [1.807, 2.05) is 43.3 Å². The smallest absolute Gasteiger partial charge is 0.333 e. The SMILES string of the molecule is C=C(C)C(=O)OCC(C)CC.C=CC(=O)OCCO.C=Cc1ccccc1. The summed E-state index contributed by atoms with van der Waals surface area (Å²) in [6.45, 7) is 16.4. The lowest BCUT2D eigenvalue weighted by Crippen LogP contribution is -2.11. The highest BCUT2D eigenvalue weighted by Gasteiger charge is 2.05. The molecule has 0 bridgehead atoms. The molecule has 1 rings (SSSR count). The number of ether oxygens (including phenoxy) is 2. The molecule has 5 nitrogen and oxygen atoms in total. The minimum atomic E-state index is -0.501.